The number of nitrogens with two attached hydrogens (primary N) is 1. The van der Waals surface area contributed by atoms with Gasteiger partial charge in [0.2, 0.25) is 0 Å². The van der Waals surface area contributed by atoms with Gasteiger partial charge in [0.25, 0.3) is 5.91 Å². The summed E-state index contributed by atoms with van der Waals surface area (Å²) in [6.45, 7) is 2.49. The van der Waals surface area contributed by atoms with Crippen molar-refractivity contribution in [3.8, 4) is 0 Å². The summed E-state index contributed by atoms with van der Waals surface area (Å²) in [6, 6.07) is 14.4. The molecule has 1 aliphatic rings. The summed E-state index contributed by atoms with van der Waals surface area (Å²) < 4.78 is 5.48. The number of amides is 1. The molecule has 5 heteroatoms. The number of rotatable bonds is 4. The van der Waals surface area contributed by atoms with E-state index < -0.39 is 12.1 Å². The Morgan fingerprint density at radius 1 is 1.16 bits per heavy atom. The van der Waals surface area contributed by atoms with Crippen molar-refractivity contribution >= 4 is 23.3 Å². The van der Waals surface area contributed by atoms with Crippen molar-refractivity contribution in [1.82, 2.24) is 0 Å². The molecule has 1 unspecified atom stereocenters. The van der Waals surface area contributed by atoms with Gasteiger partial charge in [0, 0.05) is 17.9 Å². The number of carbonyl (C=O) groups excluding carboxylic acids is 2. The SMILES string of the molecule is CCC(OC(=O)c1ccc(N)cc1)C(=O)N1CCCc2ccccc21. The molecule has 0 aromatic heterocycles. The normalized spacial score (nSPS) is 14.5. The highest BCUT2D eigenvalue weighted by molar-refractivity contribution is 6.00. The van der Waals surface area contributed by atoms with Gasteiger partial charge in [0.15, 0.2) is 6.10 Å². The largest absolute Gasteiger partial charge is 0.449 e. The molecule has 0 aliphatic carbocycles. The Bertz CT molecular complexity index is 771. The van der Waals surface area contributed by atoms with E-state index in [1.165, 1.54) is 0 Å². The molecule has 1 amide bonds. The molecule has 0 saturated carbocycles. The number of anilines is 2. The molecule has 1 aliphatic heterocycles. The van der Waals surface area contributed by atoms with Crippen LogP contribution in [0.15, 0.2) is 48.5 Å². The summed E-state index contributed by atoms with van der Waals surface area (Å²) in [5, 5.41) is 0. The number of hydrogen-bond acceptors (Lipinski definition) is 4. The first-order valence-corrected chi connectivity index (χ1v) is 8.56. The minimum absolute atomic E-state index is 0.168. The molecule has 2 N–H and O–H groups in total. The van der Waals surface area contributed by atoms with Crippen LogP contribution in [-0.2, 0) is 16.0 Å². The van der Waals surface area contributed by atoms with E-state index in [9.17, 15) is 9.59 Å². The third-order valence-electron chi connectivity index (χ3n) is 4.42. The monoisotopic (exact) mass is 338 g/mol. The van der Waals surface area contributed by atoms with Crippen molar-refractivity contribution in [1.29, 1.82) is 0 Å². The van der Waals surface area contributed by atoms with Gasteiger partial charge in [0.1, 0.15) is 0 Å². The maximum absolute atomic E-state index is 12.9. The van der Waals surface area contributed by atoms with E-state index in [0.29, 0.717) is 24.2 Å². The summed E-state index contributed by atoms with van der Waals surface area (Å²) in [5.74, 6) is -0.677. The van der Waals surface area contributed by atoms with E-state index in [1.807, 2.05) is 31.2 Å². The van der Waals surface area contributed by atoms with Crippen LogP contribution in [0.3, 0.4) is 0 Å². The van der Waals surface area contributed by atoms with Gasteiger partial charge in [-0.2, -0.15) is 0 Å². The lowest BCUT2D eigenvalue weighted by atomic mass is 10.0. The zero-order valence-corrected chi connectivity index (χ0v) is 14.3. The number of esters is 1. The number of nitrogens with zero attached hydrogens (tertiary/aromatic N) is 1. The van der Waals surface area contributed by atoms with Crippen LogP contribution >= 0.6 is 0 Å². The zero-order valence-electron chi connectivity index (χ0n) is 14.3. The molecular formula is C20H22N2O3. The molecule has 130 valence electrons. The molecule has 0 saturated heterocycles. The first kappa shape index (κ1) is 17.0. The number of carbonyl (C=O) groups is 2. The number of hydrogen-bond donors (Lipinski definition) is 1. The topological polar surface area (TPSA) is 72.6 Å². The van der Waals surface area contributed by atoms with Crippen LogP contribution in [0.5, 0.6) is 0 Å². The Hall–Kier alpha value is -2.82. The molecule has 0 fully saturated rings. The standard InChI is InChI=1S/C20H22N2O3/c1-2-18(25-20(24)15-9-11-16(21)12-10-15)19(23)22-13-5-7-14-6-3-4-8-17(14)22/h3-4,6,8-12,18H,2,5,7,13,21H2,1H3. The van der Waals surface area contributed by atoms with Gasteiger partial charge < -0.3 is 15.4 Å². The average molecular weight is 338 g/mol. The lowest BCUT2D eigenvalue weighted by molar-refractivity contribution is -0.127. The summed E-state index contributed by atoms with van der Waals surface area (Å²) >= 11 is 0. The summed E-state index contributed by atoms with van der Waals surface area (Å²) in [6.07, 6.45) is 1.50. The molecular weight excluding hydrogens is 316 g/mol. The third kappa shape index (κ3) is 3.65. The van der Waals surface area contributed by atoms with Crippen molar-refractivity contribution in [3.63, 3.8) is 0 Å². The molecule has 0 radical (unpaired) electrons. The molecule has 0 bridgehead atoms. The van der Waals surface area contributed by atoms with Gasteiger partial charge >= 0.3 is 5.97 Å². The van der Waals surface area contributed by atoms with Crippen LogP contribution in [0.4, 0.5) is 11.4 Å². The molecule has 25 heavy (non-hydrogen) atoms. The highest BCUT2D eigenvalue weighted by atomic mass is 16.5. The Labute approximate surface area is 147 Å². The maximum Gasteiger partial charge on any atom is 0.338 e. The lowest BCUT2D eigenvalue weighted by Crippen LogP contribution is -2.43. The molecule has 0 spiro atoms. The van der Waals surface area contributed by atoms with Crippen LogP contribution in [0.2, 0.25) is 0 Å². The van der Waals surface area contributed by atoms with Crippen LogP contribution in [0.25, 0.3) is 0 Å². The third-order valence-corrected chi connectivity index (χ3v) is 4.42. The van der Waals surface area contributed by atoms with Gasteiger partial charge in [-0.05, 0) is 55.2 Å². The Balaban J connectivity index is 1.76. The van der Waals surface area contributed by atoms with Gasteiger partial charge in [-0.3, -0.25) is 4.79 Å². The van der Waals surface area contributed by atoms with Crippen LogP contribution in [0, 0.1) is 0 Å². The fraction of sp³-hybridized carbons (Fsp3) is 0.300. The van der Waals surface area contributed by atoms with E-state index in [4.69, 9.17) is 10.5 Å². The molecule has 3 rings (SSSR count). The number of aryl methyl sites for hydroxylation is 1. The van der Waals surface area contributed by atoms with Crippen LogP contribution < -0.4 is 10.6 Å². The molecule has 2 aromatic carbocycles. The van der Waals surface area contributed by atoms with E-state index in [2.05, 4.69) is 0 Å². The summed E-state index contributed by atoms with van der Waals surface area (Å²) in [5.41, 5.74) is 8.67. The molecule has 2 aromatic rings. The van der Waals surface area contributed by atoms with Gasteiger partial charge in [-0.25, -0.2) is 4.79 Å². The average Bonchev–Trinajstić information content (AvgIpc) is 2.65. The summed E-state index contributed by atoms with van der Waals surface area (Å²) in [7, 11) is 0. The van der Waals surface area contributed by atoms with Crippen molar-refractivity contribution in [2.75, 3.05) is 17.2 Å². The van der Waals surface area contributed by atoms with Crippen LogP contribution in [-0.4, -0.2) is 24.5 Å². The first-order chi connectivity index (χ1) is 12.1. The van der Waals surface area contributed by atoms with E-state index in [1.54, 1.807) is 29.2 Å². The van der Waals surface area contributed by atoms with Crippen molar-refractivity contribution in [2.24, 2.45) is 0 Å². The quantitative estimate of drug-likeness (QED) is 0.686. The minimum atomic E-state index is -0.795. The zero-order chi connectivity index (χ0) is 17.8. The Morgan fingerprint density at radius 3 is 2.60 bits per heavy atom. The van der Waals surface area contributed by atoms with Gasteiger partial charge in [0.05, 0.1) is 5.56 Å². The fourth-order valence-electron chi connectivity index (χ4n) is 3.06. The Morgan fingerprint density at radius 2 is 1.88 bits per heavy atom. The second-order valence-corrected chi connectivity index (χ2v) is 6.15. The van der Waals surface area contributed by atoms with Crippen molar-refractivity contribution in [3.05, 3.63) is 59.7 Å². The van der Waals surface area contributed by atoms with Crippen LogP contribution in [0.1, 0.15) is 35.7 Å². The predicted octanol–water partition coefficient (Wildman–Crippen LogP) is 3.18. The number of para-hydroxylation sites is 1. The number of fused-ring (bicyclic) bond motifs is 1. The maximum atomic E-state index is 12.9. The number of ether oxygens (including phenoxy) is 1. The molecule has 5 nitrogen and oxygen atoms in total. The van der Waals surface area contributed by atoms with Crippen molar-refractivity contribution < 1.29 is 14.3 Å². The highest BCUT2D eigenvalue weighted by Crippen LogP contribution is 2.28. The smallest absolute Gasteiger partial charge is 0.338 e. The number of benzene rings is 2. The second kappa shape index (κ2) is 7.38. The van der Waals surface area contributed by atoms with Crippen molar-refractivity contribution in [2.45, 2.75) is 32.3 Å². The number of nitrogen functional groups attached to an aromatic ring is 1. The Kier molecular flexibility index (Phi) is 5.03. The van der Waals surface area contributed by atoms with E-state index >= 15 is 0 Å². The van der Waals surface area contributed by atoms with Gasteiger partial charge in [-0.1, -0.05) is 25.1 Å². The second-order valence-electron chi connectivity index (χ2n) is 6.15. The predicted molar refractivity (Wildman–Crippen MR) is 97.5 cm³/mol. The highest BCUT2D eigenvalue weighted by Gasteiger charge is 2.30. The minimum Gasteiger partial charge on any atom is -0.449 e. The lowest BCUT2D eigenvalue weighted by Gasteiger charge is -2.31. The summed E-state index contributed by atoms with van der Waals surface area (Å²) in [4.78, 5) is 27.0. The molecule has 1 heterocycles. The van der Waals surface area contributed by atoms with E-state index in [-0.39, 0.29) is 5.91 Å². The fourth-order valence-corrected chi connectivity index (χ4v) is 3.06. The van der Waals surface area contributed by atoms with Gasteiger partial charge in [-0.15, -0.1) is 0 Å². The van der Waals surface area contributed by atoms with E-state index in [0.717, 1.165) is 24.1 Å². The first-order valence-electron chi connectivity index (χ1n) is 8.56. The molecule has 1 atom stereocenters.